The SMILES string of the molecule is C=C(S)CC.C=CC.CCO[C@@H](C)Cc1ccc(OC)cc1. The van der Waals surface area contributed by atoms with E-state index in [1.54, 1.807) is 13.2 Å². The van der Waals surface area contributed by atoms with Crippen LogP contribution in [0.15, 0.2) is 48.4 Å². The third-order valence-electron chi connectivity index (χ3n) is 2.54. The molecule has 0 fully saturated rings. The number of ether oxygens (including phenoxy) is 2. The molecule has 1 aromatic rings. The van der Waals surface area contributed by atoms with Crippen molar-refractivity contribution in [3.05, 3.63) is 54.0 Å². The first-order chi connectivity index (χ1) is 10.4. The highest BCUT2D eigenvalue weighted by molar-refractivity contribution is 7.84. The molecule has 1 atom stereocenters. The van der Waals surface area contributed by atoms with Crippen molar-refractivity contribution in [2.45, 2.75) is 46.6 Å². The second-order valence-corrected chi connectivity index (χ2v) is 5.28. The Morgan fingerprint density at radius 2 is 1.73 bits per heavy atom. The van der Waals surface area contributed by atoms with Crippen LogP contribution in [0, 0.1) is 0 Å². The lowest BCUT2D eigenvalue weighted by Crippen LogP contribution is -2.11. The van der Waals surface area contributed by atoms with Crippen LogP contribution in [-0.2, 0) is 11.2 Å². The van der Waals surface area contributed by atoms with Gasteiger partial charge in [0.05, 0.1) is 13.2 Å². The minimum absolute atomic E-state index is 0.286. The van der Waals surface area contributed by atoms with E-state index in [1.165, 1.54) is 5.56 Å². The summed E-state index contributed by atoms with van der Waals surface area (Å²) < 4.78 is 10.6. The average molecular weight is 325 g/mol. The maximum Gasteiger partial charge on any atom is 0.118 e. The van der Waals surface area contributed by atoms with Gasteiger partial charge in [-0.1, -0.05) is 31.7 Å². The molecule has 22 heavy (non-hydrogen) atoms. The van der Waals surface area contributed by atoms with Gasteiger partial charge in [0.25, 0.3) is 0 Å². The lowest BCUT2D eigenvalue weighted by atomic mass is 10.1. The van der Waals surface area contributed by atoms with Crippen LogP contribution in [0.25, 0.3) is 0 Å². The molecular weight excluding hydrogens is 292 g/mol. The van der Waals surface area contributed by atoms with Gasteiger partial charge in [0.15, 0.2) is 0 Å². The van der Waals surface area contributed by atoms with E-state index in [0.29, 0.717) is 0 Å². The quantitative estimate of drug-likeness (QED) is 0.535. The Morgan fingerprint density at radius 3 is 2.05 bits per heavy atom. The Morgan fingerprint density at radius 1 is 1.27 bits per heavy atom. The Kier molecular flexibility index (Phi) is 17.0. The molecule has 0 spiro atoms. The zero-order valence-electron chi connectivity index (χ0n) is 14.8. The number of hydrogen-bond acceptors (Lipinski definition) is 3. The van der Waals surface area contributed by atoms with Crippen molar-refractivity contribution in [2.75, 3.05) is 13.7 Å². The van der Waals surface area contributed by atoms with Crippen LogP contribution in [0.5, 0.6) is 5.75 Å². The monoisotopic (exact) mass is 324 g/mol. The van der Waals surface area contributed by atoms with Crippen molar-refractivity contribution in [1.82, 2.24) is 0 Å². The summed E-state index contributed by atoms with van der Waals surface area (Å²) in [6.07, 6.45) is 3.97. The normalized spacial score (nSPS) is 10.3. The topological polar surface area (TPSA) is 18.5 Å². The Labute approximate surface area is 142 Å². The lowest BCUT2D eigenvalue weighted by Gasteiger charge is -2.11. The second-order valence-electron chi connectivity index (χ2n) is 4.65. The van der Waals surface area contributed by atoms with E-state index < -0.39 is 0 Å². The minimum atomic E-state index is 0.286. The third kappa shape index (κ3) is 15.2. The maximum absolute atomic E-state index is 5.47. The van der Waals surface area contributed by atoms with Gasteiger partial charge < -0.3 is 9.47 Å². The molecule has 1 aromatic carbocycles. The van der Waals surface area contributed by atoms with E-state index in [4.69, 9.17) is 9.47 Å². The zero-order valence-corrected chi connectivity index (χ0v) is 15.7. The Balaban J connectivity index is 0. The molecule has 3 heteroatoms. The number of thiol groups is 1. The standard InChI is InChI=1S/C12H18O2.C4H8S.C3H6/c1-4-14-10(2)9-11-5-7-12(13-3)8-6-11;1-3-4(2)5;1-3-2/h5-8,10H,4,9H2,1-3H3;5H,2-3H2,1H3;3H,1H2,2H3/t10-;;/m0../s1. The highest BCUT2D eigenvalue weighted by atomic mass is 32.1. The number of hydrogen-bond donors (Lipinski definition) is 1. The van der Waals surface area contributed by atoms with Crippen molar-refractivity contribution in [2.24, 2.45) is 0 Å². The molecule has 2 nitrogen and oxygen atoms in total. The van der Waals surface area contributed by atoms with Crippen LogP contribution < -0.4 is 4.74 Å². The summed E-state index contributed by atoms with van der Waals surface area (Å²) in [7, 11) is 1.68. The molecule has 0 saturated heterocycles. The number of benzene rings is 1. The van der Waals surface area contributed by atoms with Gasteiger partial charge in [-0.05, 0) is 56.2 Å². The summed E-state index contributed by atoms with van der Waals surface area (Å²) in [6, 6.07) is 8.12. The molecule has 0 unspecified atom stereocenters. The summed E-state index contributed by atoms with van der Waals surface area (Å²) in [5.41, 5.74) is 1.28. The van der Waals surface area contributed by atoms with Gasteiger partial charge in [-0.15, -0.1) is 19.2 Å². The molecule has 0 heterocycles. The summed E-state index contributed by atoms with van der Waals surface area (Å²) in [6.45, 7) is 15.7. The van der Waals surface area contributed by atoms with Crippen molar-refractivity contribution in [3.8, 4) is 5.75 Å². The Hall–Kier alpha value is -1.19. The molecule has 1 rings (SSSR count). The average Bonchev–Trinajstić information content (AvgIpc) is 2.49. The van der Waals surface area contributed by atoms with Gasteiger partial charge in [-0.25, -0.2) is 0 Å². The van der Waals surface area contributed by atoms with E-state index in [2.05, 4.69) is 44.8 Å². The van der Waals surface area contributed by atoms with E-state index in [9.17, 15) is 0 Å². The van der Waals surface area contributed by atoms with E-state index in [0.717, 1.165) is 30.1 Å². The fraction of sp³-hybridized carbons (Fsp3) is 0.474. The number of rotatable bonds is 6. The fourth-order valence-electron chi connectivity index (χ4n) is 1.44. The van der Waals surface area contributed by atoms with E-state index >= 15 is 0 Å². The lowest BCUT2D eigenvalue weighted by molar-refractivity contribution is 0.0768. The van der Waals surface area contributed by atoms with Crippen LogP contribution in [0.4, 0.5) is 0 Å². The van der Waals surface area contributed by atoms with Crippen molar-refractivity contribution in [3.63, 3.8) is 0 Å². The van der Waals surface area contributed by atoms with Crippen LogP contribution in [-0.4, -0.2) is 19.8 Å². The molecule has 0 aliphatic carbocycles. The molecule has 0 aromatic heterocycles. The molecule has 126 valence electrons. The molecule has 0 aliphatic rings. The molecular formula is C19H32O2S. The first-order valence-electron chi connectivity index (χ1n) is 7.63. The fourth-order valence-corrected chi connectivity index (χ4v) is 1.44. The Bertz CT molecular complexity index is 385. The highest BCUT2D eigenvalue weighted by Crippen LogP contribution is 2.13. The summed E-state index contributed by atoms with van der Waals surface area (Å²) in [4.78, 5) is 0.949. The van der Waals surface area contributed by atoms with Crippen LogP contribution >= 0.6 is 12.6 Å². The molecule has 0 saturated carbocycles. The van der Waals surface area contributed by atoms with Crippen molar-refractivity contribution < 1.29 is 9.47 Å². The van der Waals surface area contributed by atoms with Crippen molar-refractivity contribution in [1.29, 1.82) is 0 Å². The second kappa shape index (κ2) is 16.2. The number of allylic oxidation sites excluding steroid dienone is 2. The van der Waals surface area contributed by atoms with Crippen LogP contribution in [0.1, 0.15) is 39.7 Å². The van der Waals surface area contributed by atoms with Gasteiger partial charge in [0, 0.05) is 6.61 Å². The zero-order chi connectivity index (χ0) is 17.4. The smallest absolute Gasteiger partial charge is 0.118 e. The maximum atomic E-state index is 5.47. The predicted octanol–water partition coefficient (Wildman–Crippen LogP) is 5.69. The van der Waals surface area contributed by atoms with Gasteiger partial charge in [-0.3, -0.25) is 0 Å². The van der Waals surface area contributed by atoms with Gasteiger partial charge in [0.2, 0.25) is 0 Å². The third-order valence-corrected chi connectivity index (χ3v) is 2.86. The molecule has 0 aliphatic heterocycles. The van der Waals surface area contributed by atoms with Crippen LogP contribution in [0.3, 0.4) is 0 Å². The first-order valence-corrected chi connectivity index (χ1v) is 8.08. The molecule has 0 bridgehead atoms. The van der Waals surface area contributed by atoms with Crippen LogP contribution in [0.2, 0.25) is 0 Å². The summed E-state index contributed by atoms with van der Waals surface area (Å²) in [5, 5.41) is 0. The van der Waals surface area contributed by atoms with Gasteiger partial charge >= 0.3 is 0 Å². The van der Waals surface area contributed by atoms with Crippen molar-refractivity contribution >= 4 is 12.6 Å². The first kappa shape index (κ1) is 23.1. The molecule has 0 amide bonds. The van der Waals surface area contributed by atoms with E-state index in [1.807, 2.05) is 32.9 Å². The summed E-state index contributed by atoms with van der Waals surface area (Å²) in [5.74, 6) is 0.901. The number of methoxy groups -OCH3 is 1. The van der Waals surface area contributed by atoms with Gasteiger partial charge in [0.1, 0.15) is 5.75 Å². The van der Waals surface area contributed by atoms with Gasteiger partial charge in [-0.2, -0.15) is 0 Å². The van der Waals surface area contributed by atoms with E-state index in [-0.39, 0.29) is 6.10 Å². The molecule has 0 N–H and O–H groups in total. The minimum Gasteiger partial charge on any atom is -0.497 e. The summed E-state index contributed by atoms with van der Waals surface area (Å²) >= 11 is 3.90. The highest BCUT2D eigenvalue weighted by Gasteiger charge is 2.02. The molecule has 0 radical (unpaired) electrons. The predicted molar refractivity (Wildman–Crippen MR) is 102 cm³/mol. The largest absolute Gasteiger partial charge is 0.497 e.